The summed E-state index contributed by atoms with van der Waals surface area (Å²) in [6.07, 6.45) is 0.874. The number of carbonyl (C=O) groups excluding carboxylic acids is 1. The van der Waals surface area contributed by atoms with Gasteiger partial charge in [0.05, 0.1) is 0 Å². The van der Waals surface area contributed by atoms with Crippen molar-refractivity contribution in [3.8, 4) is 10.6 Å². The van der Waals surface area contributed by atoms with E-state index in [0.29, 0.717) is 18.2 Å². The normalized spacial score (nSPS) is 18.2. The standard InChI is InChI=1S/C17H21N3OS/c1-11(2)12-3-5-13(6-4-12)16-19-15(10-22-16)17(21)20-8-7-14(18)9-20/h3-6,10-11,14H,7-9,18H2,1-2H3/t14-/m0/s1. The van der Waals surface area contributed by atoms with Crippen LogP contribution in [0, 0.1) is 0 Å². The Morgan fingerprint density at radius 3 is 2.68 bits per heavy atom. The van der Waals surface area contributed by atoms with Gasteiger partial charge in [0.15, 0.2) is 0 Å². The van der Waals surface area contributed by atoms with E-state index < -0.39 is 0 Å². The number of carbonyl (C=O) groups is 1. The van der Waals surface area contributed by atoms with Crippen molar-refractivity contribution in [1.29, 1.82) is 0 Å². The van der Waals surface area contributed by atoms with E-state index in [0.717, 1.165) is 23.5 Å². The molecular weight excluding hydrogens is 294 g/mol. The average Bonchev–Trinajstić information content (AvgIpc) is 3.15. The number of likely N-dealkylation sites (tertiary alicyclic amines) is 1. The molecule has 1 aromatic heterocycles. The fourth-order valence-corrected chi connectivity index (χ4v) is 3.45. The van der Waals surface area contributed by atoms with E-state index in [2.05, 4.69) is 43.1 Å². The number of hydrogen-bond acceptors (Lipinski definition) is 4. The van der Waals surface area contributed by atoms with Crippen molar-refractivity contribution in [1.82, 2.24) is 9.88 Å². The highest BCUT2D eigenvalue weighted by Gasteiger charge is 2.26. The average molecular weight is 315 g/mol. The van der Waals surface area contributed by atoms with Crippen LogP contribution in [0.25, 0.3) is 10.6 Å². The number of thiazole rings is 1. The summed E-state index contributed by atoms with van der Waals surface area (Å²) in [5.74, 6) is 0.510. The third-order valence-electron chi connectivity index (χ3n) is 4.06. The Morgan fingerprint density at radius 2 is 2.09 bits per heavy atom. The minimum atomic E-state index is -0.00532. The molecule has 1 amide bonds. The van der Waals surface area contributed by atoms with E-state index >= 15 is 0 Å². The fraction of sp³-hybridized carbons (Fsp3) is 0.412. The molecule has 1 aromatic carbocycles. The van der Waals surface area contributed by atoms with Crippen LogP contribution >= 0.6 is 11.3 Å². The van der Waals surface area contributed by atoms with Gasteiger partial charge in [0.25, 0.3) is 5.91 Å². The molecule has 1 saturated heterocycles. The predicted molar refractivity (Wildman–Crippen MR) is 90.1 cm³/mol. The first kappa shape index (κ1) is 15.2. The molecule has 2 heterocycles. The molecular formula is C17H21N3OS. The Morgan fingerprint density at radius 1 is 1.36 bits per heavy atom. The minimum absolute atomic E-state index is 0.00532. The van der Waals surface area contributed by atoms with Crippen molar-refractivity contribution in [2.24, 2.45) is 5.73 Å². The highest BCUT2D eigenvalue weighted by Crippen LogP contribution is 2.26. The van der Waals surface area contributed by atoms with E-state index in [1.807, 2.05) is 5.38 Å². The predicted octanol–water partition coefficient (Wildman–Crippen LogP) is 3.11. The van der Waals surface area contributed by atoms with Crippen molar-refractivity contribution in [2.75, 3.05) is 13.1 Å². The van der Waals surface area contributed by atoms with Gasteiger partial charge in [0.1, 0.15) is 10.7 Å². The lowest BCUT2D eigenvalue weighted by Gasteiger charge is -2.13. The quantitative estimate of drug-likeness (QED) is 0.947. The van der Waals surface area contributed by atoms with Gasteiger partial charge in [-0.2, -0.15) is 0 Å². The lowest BCUT2D eigenvalue weighted by Crippen LogP contribution is -2.32. The summed E-state index contributed by atoms with van der Waals surface area (Å²) in [5.41, 5.74) is 8.76. The van der Waals surface area contributed by atoms with E-state index in [1.54, 1.807) is 4.90 Å². The maximum atomic E-state index is 12.4. The molecule has 0 radical (unpaired) electrons. The van der Waals surface area contributed by atoms with Crippen LogP contribution in [0.4, 0.5) is 0 Å². The first-order chi connectivity index (χ1) is 10.5. The number of benzene rings is 1. The highest BCUT2D eigenvalue weighted by atomic mass is 32.1. The second-order valence-electron chi connectivity index (χ2n) is 6.11. The Hall–Kier alpha value is -1.72. The Balaban J connectivity index is 1.77. The molecule has 1 aliphatic heterocycles. The number of rotatable bonds is 3. The molecule has 2 aromatic rings. The molecule has 116 valence electrons. The summed E-state index contributed by atoms with van der Waals surface area (Å²) in [5, 5.41) is 2.74. The van der Waals surface area contributed by atoms with Gasteiger partial charge in [-0.25, -0.2) is 4.98 Å². The van der Waals surface area contributed by atoms with Crippen LogP contribution in [-0.2, 0) is 0 Å². The molecule has 4 nitrogen and oxygen atoms in total. The van der Waals surface area contributed by atoms with Crippen LogP contribution in [-0.4, -0.2) is 34.9 Å². The third kappa shape index (κ3) is 3.05. The van der Waals surface area contributed by atoms with E-state index in [4.69, 9.17) is 5.73 Å². The van der Waals surface area contributed by atoms with Gasteiger partial charge in [-0.05, 0) is 17.9 Å². The van der Waals surface area contributed by atoms with Crippen LogP contribution in [0.5, 0.6) is 0 Å². The van der Waals surface area contributed by atoms with Gasteiger partial charge in [-0.1, -0.05) is 38.1 Å². The fourth-order valence-electron chi connectivity index (χ4n) is 2.65. The molecule has 2 N–H and O–H groups in total. The SMILES string of the molecule is CC(C)c1ccc(-c2nc(C(=O)N3CC[C@H](N)C3)cs2)cc1. The smallest absolute Gasteiger partial charge is 0.273 e. The zero-order valence-corrected chi connectivity index (χ0v) is 13.8. The van der Waals surface area contributed by atoms with Crippen molar-refractivity contribution >= 4 is 17.2 Å². The van der Waals surface area contributed by atoms with Crippen molar-refractivity contribution in [2.45, 2.75) is 32.2 Å². The second-order valence-corrected chi connectivity index (χ2v) is 6.97. The van der Waals surface area contributed by atoms with Crippen LogP contribution in [0.2, 0.25) is 0 Å². The van der Waals surface area contributed by atoms with Gasteiger partial charge >= 0.3 is 0 Å². The van der Waals surface area contributed by atoms with E-state index in [-0.39, 0.29) is 11.9 Å². The van der Waals surface area contributed by atoms with Crippen molar-refractivity contribution < 1.29 is 4.79 Å². The van der Waals surface area contributed by atoms with Gasteiger partial charge in [0.2, 0.25) is 0 Å². The second kappa shape index (κ2) is 6.18. The molecule has 0 spiro atoms. The summed E-state index contributed by atoms with van der Waals surface area (Å²) in [7, 11) is 0. The van der Waals surface area contributed by atoms with Crippen LogP contribution < -0.4 is 5.73 Å². The molecule has 0 unspecified atom stereocenters. The van der Waals surface area contributed by atoms with Gasteiger partial charge in [-0.15, -0.1) is 11.3 Å². The summed E-state index contributed by atoms with van der Waals surface area (Å²) in [6, 6.07) is 8.51. The minimum Gasteiger partial charge on any atom is -0.336 e. The zero-order valence-electron chi connectivity index (χ0n) is 13.0. The molecule has 0 aliphatic carbocycles. The number of amides is 1. The summed E-state index contributed by atoms with van der Waals surface area (Å²) in [6.45, 7) is 5.72. The molecule has 1 aliphatic rings. The van der Waals surface area contributed by atoms with Crippen LogP contribution in [0.15, 0.2) is 29.6 Å². The summed E-state index contributed by atoms with van der Waals surface area (Å²) >= 11 is 1.51. The van der Waals surface area contributed by atoms with Crippen molar-refractivity contribution in [3.63, 3.8) is 0 Å². The molecule has 5 heteroatoms. The third-order valence-corrected chi connectivity index (χ3v) is 4.95. The molecule has 3 rings (SSSR count). The monoisotopic (exact) mass is 315 g/mol. The number of aromatic nitrogens is 1. The molecule has 0 saturated carbocycles. The zero-order chi connectivity index (χ0) is 15.7. The lowest BCUT2D eigenvalue weighted by atomic mass is 10.0. The number of nitrogens with two attached hydrogens (primary N) is 1. The maximum absolute atomic E-state index is 12.4. The van der Waals surface area contributed by atoms with Gasteiger partial charge in [-0.3, -0.25) is 4.79 Å². The van der Waals surface area contributed by atoms with Gasteiger partial charge < -0.3 is 10.6 Å². The van der Waals surface area contributed by atoms with Crippen LogP contribution in [0.1, 0.15) is 42.2 Å². The summed E-state index contributed by atoms with van der Waals surface area (Å²) < 4.78 is 0. The first-order valence-electron chi connectivity index (χ1n) is 7.65. The molecule has 1 atom stereocenters. The Bertz CT molecular complexity index is 663. The van der Waals surface area contributed by atoms with Crippen LogP contribution in [0.3, 0.4) is 0 Å². The first-order valence-corrected chi connectivity index (χ1v) is 8.53. The molecule has 0 bridgehead atoms. The van der Waals surface area contributed by atoms with Crippen molar-refractivity contribution in [3.05, 3.63) is 40.9 Å². The van der Waals surface area contributed by atoms with E-state index in [9.17, 15) is 4.79 Å². The van der Waals surface area contributed by atoms with E-state index in [1.165, 1.54) is 16.9 Å². The largest absolute Gasteiger partial charge is 0.336 e. The number of hydrogen-bond donors (Lipinski definition) is 1. The topological polar surface area (TPSA) is 59.2 Å². The maximum Gasteiger partial charge on any atom is 0.273 e. The Kier molecular flexibility index (Phi) is 4.27. The van der Waals surface area contributed by atoms with Gasteiger partial charge in [0, 0.05) is 30.1 Å². The molecule has 1 fully saturated rings. The summed E-state index contributed by atoms with van der Waals surface area (Å²) in [4.78, 5) is 18.7. The Labute approximate surface area is 135 Å². The lowest BCUT2D eigenvalue weighted by molar-refractivity contribution is 0.0786. The molecule has 22 heavy (non-hydrogen) atoms. The number of nitrogens with zero attached hydrogens (tertiary/aromatic N) is 2. The highest BCUT2D eigenvalue weighted by molar-refractivity contribution is 7.13.